The summed E-state index contributed by atoms with van der Waals surface area (Å²) in [6.45, 7) is 8.29. The third kappa shape index (κ3) is 5.94. The minimum atomic E-state index is -0.551. The summed E-state index contributed by atoms with van der Waals surface area (Å²) in [6, 6.07) is 10.0. The summed E-state index contributed by atoms with van der Waals surface area (Å²) in [7, 11) is 0. The molecule has 3 aromatic heterocycles. The molecule has 2 saturated heterocycles. The quantitative estimate of drug-likeness (QED) is 0.343. The second-order valence-corrected chi connectivity index (χ2v) is 12.0. The molecule has 218 valence electrons. The number of anilines is 1. The number of nitrogens with one attached hydrogen (secondary N) is 1. The van der Waals surface area contributed by atoms with Gasteiger partial charge < -0.3 is 19.7 Å². The molecular weight excluding hydrogens is 532 g/mol. The number of hydrogen-bond acceptors (Lipinski definition) is 8. The van der Waals surface area contributed by atoms with Crippen LogP contribution in [-0.2, 0) is 9.47 Å². The van der Waals surface area contributed by atoms with E-state index in [1.54, 1.807) is 11.0 Å². The molecule has 1 N–H and O–H groups in total. The van der Waals surface area contributed by atoms with Crippen molar-refractivity contribution in [2.24, 2.45) is 0 Å². The number of likely N-dealkylation sites (tertiary alicyclic amines) is 1. The maximum atomic E-state index is 12.8. The van der Waals surface area contributed by atoms with Crippen LogP contribution in [0.15, 0.2) is 49.1 Å². The Bertz CT molecular complexity index is 1620. The van der Waals surface area contributed by atoms with Gasteiger partial charge in [-0.1, -0.05) is 0 Å². The molecule has 6 rings (SSSR count). The number of carbonyl (C=O) groups is 1. The number of carbonyl (C=O) groups excluding carboxylic acids is 1. The van der Waals surface area contributed by atoms with Gasteiger partial charge in [0.1, 0.15) is 11.4 Å². The molecule has 2 aliphatic heterocycles. The maximum absolute atomic E-state index is 12.8. The number of ether oxygens (including phenoxy) is 2. The van der Waals surface area contributed by atoms with E-state index in [0.29, 0.717) is 36.5 Å². The largest absolute Gasteiger partial charge is 0.444 e. The van der Waals surface area contributed by atoms with Gasteiger partial charge >= 0.3 is 6.09 Å². The molecule has 1 amide bonds. The summed E-state index contributed by atoms with van der Waals surface area (Å²) in [6.07, 6.45) is 11.0. The van der Waals surface area contributed by atoms with Gasteiger partial charge in [-0.3, -0.25) is 9.25 Å². The fraction of sp³-hybridized carbons (Fsp3) is 0.452. The van der Waals surface area contributed by atoms with E-state index in [-0.39, 0.29) is 12.1 Å². The van der Waals surface area contributed by atoms with E-state index in [1.807, 2.05) is 66.8 Å². The molecule has 0 bridgehead atoms. The number of rotatable bonds is 5. The second-order valence-electron chi connectivity index (χ2n) is 12.0. The van der Waals surface area contributed by atoms with E-state index >= 15 is 0 Å². The van der Waals surface area contributed by atoms with E-state index in [4.69, 9.17) is 19.4 Å². The Morgan fingerprint density at radius 3 is 2.79 bits per heavy atom. The van der Waals surface area contributed by atoms with Gasteiger partial charge in [0.2, 0.25) is 5.95 Å². The topological polar surface area (TPSA) is 123 Å². The maximum Gasteiger partial charge on any atom is 0.410 e. The first kappa shape index (κ1) is 27.7. The molecular formula is C31H36N8O3. The van der Waals surface area contributed by atoms with E-state index in [0.717, 1.165) is 60.9 Å². The van der Waals surface area contributed by atoms with E-state index in [9.17, 15) is 10.1 Å². The number of benzene rings is 1. The van der Waals surface area contributed by atoms with Crippen LogP contribution in [0.5, 0.6) is 0 Å². The Labute approximate surface area is 245 Å². The predicted molar refractivity (Wildman–Crippen MR) is 158 cm³/mol. The SMILES string of the molecule is CC(C)(C)OC(=O)N1CCCC(Nc2nc(-n3ccc4cc(C#N)ccc43)ncc2-c2cnn(C3CCOCC3)c2)C1. The predicted octanol–water partition coefficient (Wildman–Crippen LogP) is 5.32. The van der Waals surface area contributed by atoms with Gasteiger partial charge in [0.05, 0.1) is 29.4 Å². The zero-order valence-corrected chi connectivity index (χ0v) is 24.3. The lowest BCUT2D eigenvalue weighted by atomic mass is 10.1. The fourth-order valence-electron chi connectivity index (χ4n) is 5.60. The molecule has 0 radical (unpaired) electrons. The fourth-order valence-corrected chi connectivity index (χ4v) is 5.60. The average Bonchev–Trinajstić information content (AvgIpc) is 3.64. The lowest BCUT2D eigenvalue weighted by molar-refractivity contribution is 0.0206. The van der Waals surface area contributed by atoms with Crippen LogP contribution in [0, 0.1) is 11.3 Å². The summed E-state index contributed by atoms with van der Waals surface area (Å²) < 4.78 is 15.1. The van der Waals surface area contributed by atoms with Crippen molar-refractivity contribution in [3.63, 3.8) is 0 Å². The van der Waals surface area contributed by atoms with Crippen molar-refractivity contribution in [1.29, 1.82) is 5.26 Å². The molecule has 0 spiro atoms. The molecule has 11 heteroatoms. The molecule has 0 saturated carbocycles. The third-order valence-electron chi connectivity index (χ3n) is 7.70. The van der Waals surface area contributed by atoms with E-state index in [2.05, 4.69) is 22.7 Å². The first-order valence-corrected chi connectivity index (χ1v) is 14.5. The summed E-state index contributed by atoms with van der Waals surface area (Å²) in [4.78, 5) is 24.4. The Kier molecular flexibility index (Phi) is 7.56. The van der Waals surface area contributed by atoms with Gasteiger partial charge in [0.15, 0.2) is 0 Å². The van der Waals surface area contributed by atoms with Gasteiger partial charge in [0, 0.05) is 67.4 Å². The summed E-state index contributed by atoms with van der Waals surface area (Å²) >= 11 is 0. The summed E-state index contributed by atoms with van der Waals surface area (Å²) in [5, 5.41) is 18.6. The number of aromatic nitrogens is 5. The normalized spacial score (nSPS) is 18.1. The van der Waals surface area contributed by atoms with Crippen LogP contribution in [0.3, 0.4) is 0 Å². The highest BCUT2D eigenvalue weighted by Gasteiger charge is 2.29. The van der Waals surface area contributed by atoms with Crippen LogP contribution < -0.4 is 5.32 Å². The number of nitriles is 1. The standard InChI is InChI=1S/C31H36N8O3/c1-31(2,3)42-30(40)37-11-4-5-24(20-37)35-28-26(23-17-34-39(19-23)25-9-13-41-14-10-25)18-33-29(36-28)38-12-8-22-15-21(16-32)6-7-27(22)38/h6-8,12,15,17-19,24-25H,4-5,9-11,13-14,20H2,1-3H3,(H,33,35,36). The lowest BCUT2D eigenvalue weighted by Crippen LogP contribution is -2.47. The van der Waals surface area contributed by atoms with Crippen LogP contribution in [0.25, 0.3) is 28.0 Å². The van der Waals surface area contributed by atoms with Gasteiger partial charge in [0.25, 0.3) is 0 Å². The molecule has 2 aliphatic rings. The van der Waals surface area contributed by atoms with Gasteiger partial charge in [-0.2, -0.15) is 15.3 Å². The highest BCUT2D eigenvalue weighted by Crippen LogP contribution is 2.31. The third-order valence-corrected chi connectivity index (χ3v) is 7.70. The molecule has 5 heterocycles. The first-order chi connectivity index (χ1) is 20.3. The Balaban J connectivity index is 1.33. The highest BCUT2D eigenvalue weighted by atomic mass is 16.6. The van der Waals surface area contributed by atoms with Crippen LogP contribution >= 0.6 is 0 Å². The number of fused-ring (bicyclic) bond motifs is 1. The van der Waals surface area contributed by atoms with Crippen molar-refractivity contribution < 1.29 is 14.3 Å². The van der Waals surface area contributed by atoms with Crippen molar-refractivity contribution in [2.75, 3.05) is 31.6 Å². The molecule has 1 aromatic carbocycles. The molecule has 11 nitrogen and oxygen atoms in total. The smallest absolute Gasteiger partial charge is 0.410 e. The number of nitrogens with zero attached hydrogens (tertiary/aromatic N) is 7. The van der Waals surface area contributed by atoms with Gasteiger partial charge in [-0.15, -0.1) is 0 Å². The molecule has 42 heavy (non-hydrogen) atoms. The van der Waals surface area contributed by atoms with Crippen LogP contribution in [0.1, 0.15) is 58.1 Å². The van der Waals surface area contributed by atoms with Crippen molar-refractivity contribution in [2.45, 2.75) is 64.1 Å². The number of amides is 1. The van der Waals surface area contributed by atoms with Crippen molar-refractivity contribution in [3.05, 3.63) is 54.6 Å². The minimum Gasteiger partial charge on any atom is -0.444 e. The minimum absolute atomic E-state index is 0.0158. The first-order valence-electron chi connectivity index (χ1n) is 14.5. The molecule has 0 aliphatic carbocycles. The Morgan fingerprint density at radius 1 is 1.17 bits per heavy atom. The van der Waals surface area contributed by atoms with Crippen LogP contribution in [-0.4, -0.2) is 73.3 Å². The second kappa shape index (κ2) is 11.4. The number of piperidine rings is 1. The van der Waals surface area contributed by atoms with Crippen molar-refractivity contribution in [1.82, 2.24) is 29.2 Å². The van der Waals surface area contributed by atoms with E-state index < -0.39 is 5.60 Å². The van der Waals surface area contributed by atoms with Crippen LogP contribution in [0.4, 0.5) is 10.6 Å². The molecule has 4 aromatic rings. The van der Waals surface area contributed by atoms with Gasteiger partial charge in [-0.05, 0) is 70.7 Å². The Hall–Kier alpha value is -4.43. The molecule has 1 unspecified atom stereocenters. The average molecular weight is 569 g/mol. The van der Waals surface area contributed by atoms with E-state index in [1.165, 1.54) is 0 Å². The van der Waals surface area contributed by atoms with Crippen LogP contribution in [0.2, 0.25) is 0 Å². The Morgan fingerprint density at radius 2 is 2.00 bits per heavy atom. The monoisotopic (exact) mass is 568 g/mol. The molecule has 2 fully saturated rings. The lowest BCUT2D eigenvalue weighted by Gasteiger charge is -2.34. The summed E-state index contributed by atoms with van der Waals surface area (Å²) in [5.74, 6) is 1.19. The zero-order chi connectivity index (χ0) is 29.3. The van der Waals surface area contributed by atoms with Crippen molar-refractivity contribution >= 4 is 22.8 Å². The summed E-state index contributed by atoms with van der Waals surface area (Å²) in [5.41, 5.74) is 2.73. The van der Waals surface area contributed by atoms with Gasteiger partial charge in [-0.25, -0.2) is 9.78 Å². The highest BCUT2D eigenvalue weighted by molar-refractivity contribution is 5.83. The van der Waals surface area contributed by atoms with Crippen molar-refractivity contribution in [3.8, 4) is 23.1 Å². The molecule has 1 atom stereocenters. The zero-order valence-electron chi connectivity index (χ0n) is 24.3. The number of hydrogen-bond donors (Lipinski definition) is 1.